The predicted octanol–water partition coefficient (Wildman–Crippen LogP) is 2.56. The predicted molar refractivity (Wildman–Crippen MR) is 111 cm³/mol. The van der Waals surface area contributed by atoms with Gasteiger partial charge in [-0.25, -0.2) is 9.18 Å². The van der Waals surface area contributed by atoms with Crippen LogP contribution in [0.25, 0.3) is 0 Å². The van der Waals surface area contributed by atoms with Crippen molar-refractivity contribution in [1.82, 2.24) is 4.90 Å². The Hall–Kier alpha value is -2.68. The summed E-state index contributed by atoms with van der Waals surface area (Å²) in [5, 5.41) is 0. The number of carbonyl (C=O) groups is 2. The second-order valence-corrected chi connectivity index (χ2v) is 6.56. The molecule has 7 nitrogen and oxygen atoms in total. The number of morpholine rings is 1. The fourth-order valence-electron chi connectivity index (χ4n) is 3.04. The van der Waals surface area contributed by atoms with Crippen molar-refractivity contribution in [3.05, 3.63) is 59.4 Å². The van der Waals surface area contributed by atoms with Crippen molar-refractivity contribution >= 4 is 24.3 Å². The van der Waals surface area contributed by atoms with E-state index in [-0.39, 0.29) is 37.7 Å². The van der Waals surface area contributed by atoms with Crippen LogP contribution in [0.5, 0.6) is 11.5 Å². The van der Waals surface area contributed by atoms with Gasteiger partial charge in [0.2, 0.25) is 0 Å². The lowest BCUT2D eigenvalue weighted by atomic mass is 10.1. The number of hydrogen-bond donors (Lipinski definition) is 1. The number of hydrogen-bond acceptors (Lipinski definition) is 6. The van der Waals surface area contributed by atoms with E-state index in [4.69, 9.17) is 15.2 Å². The molecule has 1 amide bonds. The van der Waals surface area contributed by atoms with Crippen molar-refractivity contribution < 1.29 is 28.2 Å². The minimum absolute atomic E-state index is 0. The molecule has 1 fully saturated rings. The van der Waals surface area contributed by atoms with Crippen molar-refractivity contribution in [2.24, 2.45) is 5.73 Å². The lowest BCUT2D eigenvalue weighted by molar-refractivity contribution is -0.158. The second-order valence-electron chi connectivity index (χ2n) is 6.56. The van der Waals surface area contributed by atoms with Gasteiger partial charge in [-0.2, -0.15) is 0 Å². The number of esters is 1. The van der Waals surface area contributed by atoms with Crippen LogP contribution in [0.2, 0.25) is 0 Å². The van der Waals surface area contributed by atoms with Gasteiger partial charge >= 0.3 is 5.97 Å². The number of nitrogens with zero attached hydrogens (tertiary/aromatic N) is 1. The van der Waals surface area contributed by atoms with Crippen LogP contribution in [0, 0.1) is 5.82 Å². The van der Waals surface area contributed by atoms with Crippen LogP contribution in [-0.4, -0.2) is 56.2 Å². The van der Waals surface area contributed by atoms with Crippen molar-refractivity contribution in [2.45, 2.75) is 12.5 Å². The fraction of sp³-hybridized carbons (Fsp3) is 0.333. The Balaban J connectivity index is 0.00000320. The molecule has 0 radical (unpaired) electrons. The third kappa shape index (κ3) is 5.69. The minimum atomic E-state index is -0.882. The first-order valence-corrected chi connectivity index (χ1v) is 9.27. The summed E-state index contributed by atoms with van der Waals surface area (Å²) in [6.45, 7) is 0.971. The van der Waals surface area contributed by atoms with Gasteiger partial charge in [-0.3, -0.25) is 4.79 Å². The maximum absolute atomic E-state index is 14.3. The van der Waals surface area contributed by atoms with Gasteiger partial charge in [-0.15, -0.1) is 12.4 Å². The molecule has 0 aliphatic carbocycles. The highest BCUT2D eigenvalue weighted by atomic mass is 35.5. The molecule has 1 aliphatic heterocycles. The van der Waals surface area contributed by atoms with Crippen molar-refractivity contribution in [3.63, 3.8) is 0 Å². The summed E-state index contributed by atoms with van der Waals surface area (Å²) >= 11 is 0. The molecule has 2 N–H and O–H groups in total. The molecule has 0 aromatic heterocycles. The molecule has 0 spiro atoms. The third-order valence-corrected chi connectivity index (χ3v) is 4.58. The van der Waals surface area contributed by atoms with E-state index in [0.29, 0.717) is 18.0 Å². The summed E-state index contributed by atoms with van der Waals surface area (Å²) in [6, 6.07) is 11.4. The number of ether oxygens (including phenoxy) is 3. The first-order valence-electron chi connectivity index (χ1n) is 9.27. The number of carbonyl (C=O) groups excluding carboxylic acids is 2. The zero-order chi connectivity index (χ0) is 20.8. The number of methoxy groups -OCH3 is 1. The number of amides is 1. The van der Waals surface area contributed by atoms with E-state index in [0.717, 1.165) is 12.0 Å². The Morgan fingerprint density at radius 2 is 1.90 bits per heavy atom. The van der Waals surface area contributed by atoms with Gasteiger partial charge in [0.15, 0.2) is 6.10 Å². The Morgan fingerprint density at radius 1 is 1.20 bits per heavy atom. The molecule has 3 rings (SSSR count). The molecule has 2 aromatic carbocycles. The molecule has 1 unspecified atom stereocenters. The second kappa shape index (κ2) is 10.9. The largest absolute Gasteiger partial charge is 0.467 e. The van der Waals surface area contributed by atoms with Gasteiger partial charge in [-0.05, 0) is 48.9 Å². The standard InChI is InChI=1S/C21H23FN2O5.ClH/c1-27-21(26)19-13-24(10-11-28-19)20(25)17-12-16(6-7-18(17)22)29-15-4-2-14(3-5-15)8-9-23;/h2-7,12,19H,8-11,13,23H2,1H3;1H. The Morgan fingerprint density at radius 3 is 2.57 bits per heavy atom. The van der Waals surface area contributed by atoms with Gasteiger partial charge < -0.3 is 24.8 Å². The van der Waals surface area contributed by atoms with E-state index in [9.17, 15) is 14.0 Å². The van der Waals surface area contributed by atoms with Crippen molar-refractivity contribution in [2.75, 3.05) is 33.4 Å². The van der Waals surface area contributed by atoms with Crippen LogP contribution >= 0.6 is 12.4 Å². The molecule has 1 aliphatic rings. The van der Waals surface area contributed by atoms with E-state index >= 15 is 0 Å². The minimum Gasteiger partial charge on any atom is -0.467 e. The number of nitrogens with two attached hydrogens (primary N) is 1. The highest BCUT2D eigenvalue weighted by Crippen LogP contribution is 2.25. The lowest BCUT2D eigenvalue weighted by Crippen LogP contribution is -2.49. The third-order valence-electron chi connectivity index (χ3n) is 4.58. The topological polar surface area (TPSA) is 91.1 Å². The van der Waals surface area contributed by atoms with Crippen LogP contribution in [0.3, 0.4) is 0 Å². The van der Waals surface area contributed by atoms with E-state index in [2.05, 4.69) is 4.74 Å². The molecule has 1 heterocycles. The van der Waals surface area contributed by atoms with Crippen LogP contribution < -0.4 is 10.5 Å². The molecular formula is C21H24ClFN2O5. The quantitative estimate of drug-likeness (QED) is 0.697. The summed E-state index contributed by atoms with van der Waals surface area (Å²) in [6.07, 6.45) is -0.117. The summed E-state index contributed by atoms with van der Waals surface area (Å²) in [5.74, 6) is -0.879. The number of halogens is 2. The van der Waals surface area contributed by atoms with Gasteiger partial charge in [0.05, 0.1) is 25.8 Å². The fourth-order valence-corrected chi connectivity index (χ4v) is 3.04. The van der Waals surface area contributed by atoms with Gasteiger partial charge in [0.1, 0.15) is 17.3 Å². The summed E-state index contributed by atoms with van der Waals surface area (Å²) < 4.78 is 30.1. The average molecular weight is 439 g/mol. The monoisotopic (exact) mass is 438 g/mol. The van der Waals surface area contributed by atoms with E-state index in [1.54, 1.807) is 12.1 Å². The van der Waals surface area contributed by atoms with Crippen LogP contribution in [0.4, 0.5) is 4.39 Å². The molecule has 2 aromatic rings. The zero-order valence-corrected chi connectivity index (χ0v) is 17.3. The normalized spacial score (nSPS) is 15.8. The molecule has 1 atom stereocenters. The van der Waals surface area contributed by atoms with E-state index in [1.165, 1.54) is 30.2 Å². The number of benzene rings is 2. The van der Waals surface area contributed by atoms with E-state index in [1.807, 2.05) is 12.1 Å². The highest BCUT2D eigenvalue weighted by Gasteiger charge is 2.31. The van der Waals surface area contributed by atoms with E-state index < -0.39 is 23.8 Å². The first-order chi connectivity index (χ1) is 14.0. The zero-order valence-electron chi connectivity index (χ0n) is 16.5. The highest BCUT2D eigenvalue weighted by molar-refractivity contribution is 5.95. The van der Waals surface area contributed by atoms with Crippen LogP contribution in [0.15, 0.2) is 42.5 Å². The summed E-state index contributed by atoms with van der Waals surface area (Å²) in [4.78, 5) is 25.9. The smallest absolute Gasteiger partial charge is 0.336 e. The van der Waals surface area contributed by atoms with Gasteiger partial charge in [-0.1, -0.05) is 12.1 Å². The Kier molecular flexibility index (Phi) is 8.58. The molecule has 30 heavy (non-hydrogen) atoms. The number of rotatable bonds is 6. The van der Waals surface area contributed by atoms with Gasteiger partial charge in [0.25, 0.3) is 5.91 Å². The van der Waals surface area contributed by atoms with Crippen molar-refractivity contribution in [1.29, 1.82) is 0 Å². The SMILES string of the molecule is COC(=O)C1CN(C(=O)c2cc(Oc3ccc(CCN)cc3)ccc2F)CCO1.Cl. The van der Waals surface area contributed by atoms with Gasteiger partial charge in [0, 0.05) is 6.54 Å². The maximum atomic E-state index is 14.3. The Bertz CT molecular complexity index is 878. The van der Waals surface area contributed by atoms with Crippen LogP contribution in [-0.2, 0) is 20.7 Å². The molecular weight excluding hydrogens is 415 g/mol. The van der Waals surface area contributed by atoms with Crippen LogP contribution in [0.1, 0.15) is 15.9 Å². The maximum Gasteiger partial charge on any atom is 0.336 e. The summed E-state index contributed by atoms with van der Waals surface area (Å²) in [7, 11) is 1.25. The molecule has 9 heteroatoms. The Labute approximate surface area is 180 Å². The lowest BCUT2D eigenvalue weighted by Gasteiger charge is -2.31. The molecule has 0 bridgehead atoms. The molecule has 0 saturated carbocycles. The summed E-state index contributed by atoms with van der Waals surface area (Å²) in [5.41, 5.74) is 6.49. The molecule has 162 valence electrons. The first kappa shape index (κ1) is 23.6. The van der Waals surface area contributed by atoms with Crippen molar-refractivity contribution in [3.8, 4) is 11.5 Å². The average Bonchev–Trinajstić information content (AvgIpc) is 2.75. The molecule has 1 saturated heterocycles.